The van der Waals surface area contributed by atoms with E-state index in [9.17, 15) is 9.59 Å². The second-order valence-corrected chi connectivity index (χ2v) is 4.43. The van der Waals surface area contributed by atoms with Crippen molar-refractivity contribution in [2.75, 3.05) is 0 Å². The number of aliphatic carboxylic acids is 1. The van der Waals surface area contributed by atoms with Gasteiger partial charge < -0.3 is 14.8 Å². The predicted molar refractivity (Wildman–Crippen MR) is 59.9 cm³/mol. The molecule has 1 aromatic rings. The Morgan fingerprint density at radius 2 is 2.18 bits per heavy atom. The van der Waals surface area contributed by atoms with Gasteiger partial charge in [-0.1, -0.05) is 6.42 Å². The highest BCUT2D eigenvalue weighted by Crippen LogP contribution is 2.26. The fourth-order valence-corrected chi connectivity index (χ4v) is 2.25. The van der Waals surface area contributed by atoms with Crippen molar-refractivity contribution in [2.45, 2.75) is 25.3 Å². The lowest BCUT2D eigenvalue weighted by Gasteiger charge is -2.16. The van der Waals surface area contributed by atoms with E-state index in [1.165, 1.54) is 12.1 Å². The Hall–Kier alpha value is -1.49. The number of hydrogen-bond donors (Lipinski definition) is 2. The smallest absolute Gasteiger partial charge is 0.308 e. The zero-order valence-electron chi connectivity index (χ0n) is 8.98. The van der Waals surface area contributed by atoms with Gasteiger partial charge in [0.2, 0.25) is 0 Å². The number of carboxylic acids is 1. The summed E-state index contributed by atoms with van der Waals surface area (Å²) >= 11 is 5.56. The van der Waals surface area contributed by atoms with E-state index in [1.807, 2.05) is 0 Å². The molecule has 1 aliphatic rings. The van der Waals surface area contributed by atoms with E-state index >= 15 is 0 Å². The molecule has 0 aromatic carbocycles. The summed E-state index contributed by atoms with van der Waals surface area (Å²) in [5.74, 6) is -1.70. The molecule has 6 heteroatoms. The highest BCUT2D eigenvalue weighted by Gasteiger charge is 2.34. The first-order valence-corrected chi connectivity index (χ1v) is 5.74. The number of carbonyl (C=O) groups excluding carboxylic acids is 1. The van der Waals surface area contributed by atoms with Gasteiger partial charge in [-0.05, 0) is 36.6 Å². The first-order valence-electron chi connectivity index (χ1n) is 5.37. The van der Waals surface area contributed by atoms with Gasteiger partial charge in [0.15, 0.2) is 11.0 Å². The molecule has 0 spiro atoms. The highest BCUT2D eigenvalue weighted by molar-refractivity contribution is 6.29. The Balaban J connectivity index is 2.01. The molecule has 0 aliphatic heterocycles. The molecule has 0 bridgehead atoms. The van der Waals surface area contributed by atoms with Gasteiger partial charge in [-0.15, -0.1) is 0 Å². The third-order valence-electron chi connectivity index (χ3n) is 2.95. The van der Waals surface area contributed by atoms with Crippen LogP contribution >= 0.6 is 11.6 Å². The van der Waals surface area contributed by atoms with Crippen LogP contribution in [-0.4, -0.2) is 23.0 Å². The molecule has 2 unspecified atom stereocenters. The van der Waals surface area contributed by atoms with E-state index in [2.05, 4.69) is 5.32 Å². The van der Waals surface area contributed by atoms with Crippen LogP contribution in [0.1, 0.15) is 29.8 Å². The summed E-state index contributed by atoms with van der Waals surface area (Å²) in [6, 6.07) is 2.60. The van der Waals surface area contributed by atoms with Crippen LogP contribution in [0, 0.1) is 5.92 Å². The maximum Gasteiger partial charge on any atom is 0.308 e. The van der Waals surface area contributed by atoms with Crippen molar-refractivity contribution in [3.8, 4) is 0 Å². The zero-order valence-corrected chi connectivity index (χ0v) is 9.74. The molecule has 5 nitrogen and oxygen atoms in total. The zero-order chi connectivity index (χ0) is 12.4. The van der Waals surface area contributed by atoms with E-state index in [0.717, 1.165) is 6.42 Å². The summed E-state index contributed by atoms with van der Waals surface area (Å²) in [7, 11) is 0. The third kappa shape index (κ3) is 2.61. The number of hydrogen-bond acceptors (Lipinski definition) is 3. The number of rotatable bonds is 3. The maximum atomic E-state index is 11.7. The molecule has 1 aliphatic carbocycles. The largest absolute Gasteiger partial charge is 0.481 e. The van der Waals surface area contributed by atoms with Gasteiger partial charge in [-0.3, -0.25) is 9.59 Å². The van der Waals surface area contributed by atoms with Gasteiger partial charge >= 0.3 is 5.97 Å². The Morgan fingerprint density at radius 3 is 2.76 bits per heavy atom. The minimum Gasteiger partial charge on any atom is -0.481 e. The Kier molecular flexibility index (Phi) is 3.38. The van der Waals surface area contributed by atoms with Crippen molar-refractivity contribution in [3.05, 3.63) is 23.1 Å². The molecule has 1 heterocycles. The van der Waals surface area contributed by atoms with Gasteiger partial charge in [0, 0.05) is 6.04 Å². The number of furan rings is 1. The summed E-state index contributed by atoms with van der Waals surface area (Å²) in [6.07, 6.45) is 2.08. The van der Waals surface area contributed by atoms with Crippen LogP contribution < -0.4 is 5.32 Å². The number of carbonyl (C=O) groups is 2. The van der Waals surface area contributed by atoms with Crippen molar-refractivity contribution in [1.82, 2.24) is 5.32 Å². The molecule has 2 rings (SSSR count). The topological polar surface area (TPSA) is 79.5 Å². The van der Waals surface area contributed by atoms with E-state index in [4.69, 9.17) is 21.1 Å². The molecule has 0 saturated heterocycles. The fourth-order valence-electron chi connectivity index (χ4n) is 2.10. The molecular weight excluding hydrogens is 246 g/mol. The van der Waals surface area contributed by atoms with Gasteiger partial charge in [0.25, 0.3) is 5.91 Å². The molecule has 1 amide bonds. The number of amides is 1. The molecule has 1 aromatic heterocycles. The lowest BCUT2D eigenvalue weighted by atomic mass is 10.0. The van der Waals surface area contributed by atoms with Crippen molar-refractivity contribution < 1.29 is 19.1 Å². The number of carboxylic acid groups (broad SMARTS) is 1. The number of nitrogens with one attached hydrogen (secondary N) is 1. The van der Waals surface area contributed by atoms with Crippen LogP contribution in [0.4, 0.5) is 0 Å². The van der Waals surface area contributed by atoms with Crippen LogP contribution in [-0.2, 0) is 4.79 Å². The Bertz CT molecular complexity index is 442. The molecule has 17 heavy (non-hydrogen) atoms. The lowest BCUT2D eigenvalue weighted by molar-refractivity contribution is -0.142. The van der Waals surface area contributed by atoms with Crippen molar-refractivity contribution in [2.24, 2.45) is 5.92 Å². The minimum atomic E-state index is -0.870. The Morgan fingerprint density at radius 1 is 1.41 bits per heavy atom. The molecule has 92 valence electrons. The average molecular weight is 258 g/mol. The fraction of sp³-hybridized carbons (Fsp3) is 0.455. The molecular formula is C11H12ClNO4. The lowest BCUT2D eigenvalue weighted by Crippen LogP contribution is -2.40. The van der Waals surface area contributed by atoms with Crippen molar-refractivity contribution in [3.63, 3.8) is 0 Å². The first-order chi connectivity index (χ1) is 8.08. The highest BCUT2D eigenvalue weighted by atomic mass is 35.5. The van der Waals surface area contributed by atoms with E-state index in [0.29, 0.717) is 12.8 Å². The van der Waals surface area contributed by atoms with Crippen LogP contribution in [0.2, 0.25) is 5.22 Å². The van der Waals surface area contributed by atoms with Crippen molar-refractivity contribution >= 4 is 23.5 Å². The third-order valence-corrected chi connectivity index (χ3v) is 3.15. The van der Waals surface area contributed by atoms with Gasteiger partial charge in [-0.2, -0.15) is 0 Å². The summed E-state index contributed by atoms with van der Waals surface area (Å²) in [4.78, 5) is 22.7. The molecule has 1 fully saturated rings. The normalized spacial score (nSPS) is 23.6. The first kappa shape index (κ1) is 12.0. The quantitative estimate of drug-likeness (QED) is 0.867. The second kappa shape index (κ2) is 4.79. The summed E-state index contributed by atoms with van der Waals surface area (Å²) < 4.78 is 4.96. The monoisotopic (exact) mass is 257 g/mol. The minimum absolute atomic E-state index is 0.103. The Labute approximate surface area is 103 Å². The van der Waals surface area contributed by atoms with Crippen LogP contribution in [0.25, 0.3) is 0 Å². The van der Waals surface area contributed by atoms with E-state index < -0.39 is 17.8 Å². The molecule has 2 atom stereocenters. The average Bonchev–Trinajstić information content (AvgIpc) is 2.86. The molecule has 2 N–H and O–H groups in total. The number of halogens is 1. The summed E-state index contributed by atoms with van der Waals surface area (Å²) in [6.45, 7) is 0. The standard InChI is InChI=1S/C11H12ClNO4/c12-9-5-4-8(17-9)10(14)13-7-3-1-2-6(7)11(15)16/h4-7H,1-3H2,(H,13,14)(H,15,16). The van der Waals surface area contributed by atoms with Gasteiger partial charge in [0.05, 0.1) is 5.92 Å². The maximum absolute atomic E-state index is 11.7. The SMILES string of the molecule is O=C(NC1CCCC1C(=O)O)c1ccc(Cl)o1. The van der Waals surface area contributed by atoms with Gasteiger partial charge in [-0.25, -0.2) is 0 Å². The summed E-state index contributed by atoms with van der Waals surface area (Å²) in [5.41, 5.74) is 0. The van der Waals surface area contributed by atoms with E-state index in [-0.39, 0.29) is 17.0 Å². The second-order valence-electron chi connectivity index (χ2n) is 4.06. The van der Waals surface area contributed by atoms with Crippen LogP contribution in [0.15, 0.2) is 16.5 Å². The van der Waals surface area contributed by atoms with Crippen LogP contribution in [0.5, 0.6) is 0 Å². The van der Waals surface area contributed by atoms with Crippen LogP contribution in [0.3, 0.4) is 0 Å². The van der Waals surface area contributed by atoms with Crippen molar-refractivity contribution in [1.29, 1.82) is 0 Å². The molecule has 0 radical (unpaired) electrons. The van der Waals surface area contributed by atoms with E-state index in [1.54, 1.807) is 0 Å². The van der Waals surface area contributed by atoms with Gasteiger partial charge in [0.1, 0.15) is 0 Å². The predicted octanol–water partition coefficient (Wildman–Crippen LogP) is 1.92. The molecule has 1 saturated carbocycles. The summed E-state index contributed by atoms with van der Waals surface area (Å²) in [5, 5.41) is 11.8.